The van der Waals surface area contributed by atoms with Gasteiger partial charge in [-0.05, 0) is 31.0 Å². The highest BCUT2D eigenvalue weighted by Gasteiger charge is 2.03. The number of aryl methyl sites for hydroxylation is 1. The summed E-state index contributed by atoms with van der Waals surface area (Å²) in [7, 11) is 0. The summed E-state index contributed by atoms with van der Waals surface area (Å²) in [5.74, 6) is 1.26. The summed E-state index contributed by atoms with van der Waals surface area (Å²) >= 11 is 5.88. The molecule has 4 nitrogen and oxygen atoms in total. The van der Waals surface area contributed by atoms with E-state index in [1.807, 2.05) is 67.6 Å². The molecular formula is C19H17ClN4. The lowest BCUT2D eigenvalue weighted by molar-refractivity contribution is 0.890. The van der Waals surface area contributed by atoms with Crippen LogP contribution in [0, 0.1) is 6.92 Å². The largest absolute Gasteiger partial charge is 0.233 e. The van der Waals surface area contributed by atoms with Crippen molar-refractivity contribution in [3.05, 3.63) is 77.1 Å². The molecule has 0 saturated heterocycles. The van der Waals surface area contributed by atoms with Gasteiger partial charge in [-0.3, -0.25) is 0 Å². The van der Waals surface area contributed by atoms with Gasteiger partial charge in [0, 0.05) is 16.7 Å². The molecule has 5 heteroatoms. The maximum Gasteiger partial charge on any atom is 0.177 e. The van der Waals surface area contributed by atoms with Gasteiger partial charge in [0.25, 0.3) is 0 Å². The van der Waals surface area contributed by atoms with E-state index in [0.29, 0.717) is 18.2 Å². The van der Waals surface area contributed by atoms with E-state index < -0.39 is 0 Å². The Morgan fingerprint density at radius 1 is 0.958 bits per heavy atom. The summed E-state index contributed by atoms with van der Waals surface area (Å²) in [5.41, 5.74) is 3.08. The maximum atomic E-state index is 5.88. The summed E-state index contributed by atoms with van der Waals surface area (Å²) < 4.78 is 0. The van der Waals surface area contributed by atoms with Crippen molar-refractivity contribution >= 4 is 17.4 Å². The van der Waals surface area contributed by atoms with E-state index in [4.69, 9.17) is 11.6 Å². The van der Waals surface area contributed by atoms with Crippen LogP contribution in [0.5, 0.6) is 0 Å². The molecule has 0 saturated carbocycles. The average Bonchev–Trinajstić information content (AvgIpc) is 2.61. The Balaban J connectivity index is 1.68. The fourth-order valence-corrected chi connectivity index (χ4v) is 2.44. The molecule has 1 aromatic heterocycles. The monoisotopic (exact) mass is 336 g/mol. The van der Waals surface area contributed by atoms with E-state index in [-0.39, 0.29) is 0 Å². The minimum Gasteiger partial charge on any atom is -0.233 e. The summed E-state index contributed by atoms with van der Waals surface area (Å²) in [6.45, 7) is 2.46. The highest BCUT2D eigenvalue weighted by atomic mass is 35.5. The Kier molecular flexibility index (Phi) is 5.29. The molecule has 0 N–H and O–H groups in total. The van der Waals surface area contributed by atoms with Crippen molar-refractivity contribution in [2.45, 2.75) is 13.3 Å². The van der Waals surface area contributed by atoms with Crippen LogP contribution in [0.4, 0.5) is 5.82 Å². The zero-order valence-corrected chi connectivity index (χ0v) is 14.1. The van der Waals surface area contributed by atoms with Crippen LogP contribution in [0.15, 0.2) is 70.9 Å². The second-order valence-electron chi connectivity index (χ2n) is 5.37. The van der Waals surface area contributed by atoms with Gasteiger partial charge in [0.2, 0.25) is 0 Å². The molecule has 2 aromatic carbocycles. The summed E-state index contributed by atoms with van der Waals surface area (Å²) in [6, 6.07) is 19.6. The lowest BCUT2D eigenvalue weighted by Crippen LogP contribution is -1.91. The fraction of sp³-hybridized carbons (Fsp3) is 0.158. The standard InChI is InChI=1S/C19H17ClN4/c1-14-22-18(16-5-3-2-4-6-16)13-19(23-14)24-21-12-11-15-7-9-17(20)10-8-15/h2-10,13H,11-12H2,1H3. The first-order chi connectivity index (χ1) is 11.7. The first kappa shape index (κ1) is 16.3. The van der Waals surface area contributed by atoms with Crippen LogP contribution in [0.2, 0.25) is 5.02 Å². The Labute approximate surface area is 146 Å². The lowest BCUT2D eigenvalue weighted by atomic mass is 10.1. The van der Waals surface area contributed by atoms with Crippen LogP contribution in [-0.4, -0.2) is 16.5 Å². The van der Waals surface area contributed by atoms with E-state index in [1.54, 1.807) is 0 Å². The topological polar surface area (TPSA) is 50.5 Å². The van der Waals surface area contributed by atoms with E-state index in [1.165, 1.54) is 5.56 Å². The summed E-state index contributed by atoms with van der Waals surface area (Å²) in [6.07, 6.45) is 0.816. The molecule has 0 radical (unpaired) electrons. The lowest BCUT2D eigenvalue weighted by Gasteiger charge is -2.03. The molecule has 0 aliphatic heterocycles. The number of halogens is 1. The van der Waals surface area contributed by atoms with Crippen LogP contribution < -0.4 is 0 Å². The van der Waals surface area contributed by atoms with Gasteiger partial charge in [-0.2, -0.15) is 5.11 Å². The average molecular weight is 337 g/mol. The molecule has 0 fully saturated rings. The molecule has 0 bridgehead atoms. The molecule has 24 heavy (non-hydrogen) atoms. The van der Waals surface area contributed by atoms with Crippen molar-refractivity contribution in [3.8, 4) is 11.3 Å². The second kappa shape index (κ2) is 7.79. The number of aromatic nitrogens is 2. The normalized spacial score (nSPS) is 11.1. The molecule has 120 valence electrons. The number of hydrogen-bond acceptors (Lipinski definition) is 4. The molecule has 0 atom stereocenters. The van der Waals surface area contributed by atoms with Gasteiger partial charge in [-0.1, -0.05) is 54.1 Å². The van der Waals surface area contributed by atoms with Gasteiger partial charge in [-0.15, -0.1) is 5.11 Å². The van der Waals surface area contributed by atoms with E-state index in [0.717, 1.165) is 22.7 Å². The second-order valence-corrected chi connectivity index (χ2v) is 5.80. The quantitative estimate of drug-likeness (QED) is 0.583. The van der Waals surface area contributed by atoms with E-state index in [2.05, 4.69) is 20.2 Å². The first-order valence-corrected chi connectivity index (χ1v) is 8.11. The molecule has 0 aliphatic rings. The third-order valence-corrected chi connectivity index (χ3v) is 3.73. The molecule has 0 spiro atoms. The highest BCUT2D eigenvalue weighted by molar-refractivity contribution is 6.30. The number of nitrogens with zero attached hydrogens (tertiary/aromatic N) is 4. The number of azo groups is 1. The SMILES string of the molecule is Cc1nc(N=NCCc2ccc(Cl)cc2)cc(-c2ccccc2)n1. The molecule has 3 rings (SSSR count). The fourth-order valence-electron chi connectivity index (χ4n) is 2.31. The van der Waals surface area contributed by atoms with Crippen LogP contribution in [0.1, 0.15) is 11.4 Å². The molecular weight excluding hydrogens is 320 g/mol. The Morgan fingerprint density at radius 2 is 1.71 bits per heavy atom. The van der Waals surface area contributed by atoms with Crippen LogP contribution in [-0.2, 0) is 6.42 Å². The van der Waals surface area contributed by atoms with Crippen molar-refractivity contribution in [2.24, 2.45) is 10.2 Å². The first-order valence-electron chi connectivity index (χ1n) is 7.74. The third-order valence-electron chi connectivity index (χ3n) is 3.48. The molecule has 1 heterocycles. The summed E-state index contributed by atoms with van der Waals surface area (Å²) in [4.78, 5) is 8.79. The van der Waals surface area contributed by atoms with Crippen molar-refractivity contribution in [2.75, 3.05) is 6.54 Å². The van der Waals surface area contributed by atoms with Crippen LogP contribution in [0.3, 0.4) is 0 Å². The predicted molar refractivity (Wildman–Crippen MR) is 96.7 cm³/mol. The maximum absolute atomic E-state index is 5.88. The van der Waals surface area contributed by atoms with E-state index >= 15 is 0 Å². The van der Waals surface area contributed by atoms with Crippen molar-refractivity contribution < 1.29 is 0 Å². The number of benzene rings is 2. The van der Waals surface area contributed by atoms with E-state index in [9.17, 15) is 0 Å². The molecule has 0 aliphatic carbocycles. The zero-order valence-electron chi connectivity index (χ0n) is 13.4. The van der Waals surface area contributed by atoms with Gasteiger partial charge in [0.1, 0.15) is 5.82 Å². The molecule has 3 aromatic rings. The van der Waals surface area contributed by atoms with Gasteiger partial charge in [0.05, 0.1) is 12.2 Å². The Morgan fingerprint density at radius 3 is 2.46 bits per heavy atom. The van der Waals surface area contributed by atoms with Gasteiger partial charge in [0.15, 0.2) is 5.82 Å². The van der Waals surface area contributed by atoms with Crippen LogP contribution >= 0.6 is 11.6 Å². The van der Waals surface area contributed by atoms with Crippen molar-refractivity contribution in [3.63, 3.8) is 0 Å². The van der Waals surface area contributed by atoms with Gasteiger partial charge >= 0.3 is 0 Å². The Bertz CT molecular complexity index is 830. The highest BCUT2D eigenvalue weighted by Crippen LogP contribution is 2.21. The third kappa shape index (κ3) is 4.46. The summed E-state index contributed by atoms with van der Waals surface area (Å²) in [5, 5.41) is 9.21. The number of rotatable bonds is 5. The van der Waals surface area contributed by atoms with Crippen molar-refractivity contribution in [1.29, 1.82) is 0 Å². The zero-order chi connectivity index (χ0) is 16.8. The molecule has 0 amide bonds. The molecule has 0 unspecified atom stereocenters. The van der Waals surface area contributed by atoms with Gasteiger partial charge in [-0.25, -0.2) is 9.97 Å². The predicted octanol–water partition coefficient (Wildman–Crippen LogP) is 5.43. The van der Waals surface area contributed by atoms with Crippen molar-refractivity contribution in [1.82, 2.24) is 9.97 Å². The minimum atomic E-state index is 0.581. The number of hydrogen-bond donors (Lipinski definition) is 0. The minimum absolute atomic E-state index is 0.581. The Hall–Kier alpha value is -2.59. The smallest absolute Gasteiger partial charge is 0.177 e. The van der Waals surface area contributed by atoms with Gasteiger partial charge < -0.3 is 0 Å². The van der Waals surface area contributed by atoms with Crippen LogP contribution in [0.25, 0.3) is 11.3 Å².